The van der Waals surface area contributed by atoms with Crippen LogP contribution in [0.2, 0.25) is 0 Å². The lowest BCUT2D eigenvalue weighted by atomic mass is 10.0. The van der Waals surface area contributed by atoms with Crippen molar-refractivity contribution in [2.75, 3.05) is 37.4 Å². The van der Waals surface area contributed by atoms with Crippen LogP contribution in [0.15, 0.2) is 65.2 Å². The molecule has 0 bridgehead atoms. The fraction of sp³-hybridized carbons (Fsp3) is 0.387. The largest absolute Gasteiger partial charge is 0.492 e. The van der Waals surface area contributed by atoms with Gasteiger partial charge in [-0.05, 0) is 31.2 Å². The van der Waals surface area contributed by atoms with E-state index in [4.69, 9.17) is 15.9 Å². The lowest BCUT2D eigenvalue weighted by Crippen LogP contribution is -2.33. The number of amides is 3. The molecule has 0 saturated carbocycles. The zero-order valence-electron chi connectivity index (χ0n) is 24.9. The second-order valence-corrected chi connectivity index (χ2v) is 10.3. The number of hydrogen-bond donors (Lipinski definition) is 2. The Labute approximate surface area is 256 Å². The molecule has 0 saturated heterocycles. The first-order valence-electron chi connectivity index (χ1n) is 14.3. The fourth-order valence-corrected chi connectivity index (χ4v) is 4.09. The Morgan fingerprint density at radius 2 is 1.80 bits per heavy atom. The minimum Gasteiger partial charge on any atom is -0.492 e. The number of nitrogens with zero attached hydrogens (tertiary/aromatic N) is 6. The molecule has 1 aliphatic heterocycles. The third kappa shape index (κ3) is 9.94. The molecule has 1 aliphatic rings. The molecule has 44 heavy (non-hydrogen) atoms. The molecule has 2 N–H and O–H groups in total. The summed E-state index contributed by atoms with van der Waals surface area (Å²) in [7, 11) is 1.70. The molecule has 1 aromatic carbocycles. The average molecular weight is 601 g/mol. The van der Waals surface area contributed by atoms with Gasteiger partial charge in [-0.3, -0.25) is 19.1 Å². The van der Waals surface area contributed by atoms with Crippen LogP contribution in [-0.4, -0.2) is 69.9 Å². The van der Waals surface area contributed by atoms with Gasteiger partial charge in [-0.1, -0.05) is 17.7 Å². The highest BCUT2D eigenvalue weighted by molar-refractivity contribution is 5.91. The molecular weight excluding hydrogens is 564 g/mol. The molecule has 13 heteroatoms. The molecule has 3 heterocycles. The quantitative estimate of drug-likeness (QED) is 0.223. The zero-order valence-corrected chi connectivity index (χ0v) is 24.9. The number of terminal acetylenes is 1. The van der Waals surface area contributed by atoms with Crippen LogP contribution in [0.5, 0.6) is 11.5 Å². The number of carbonyl (C=O) groups is 3. The van der Waals surface area contributed by atoms with Gasteiger partial charge in [-0.25, -0.2) is 4.98 Å². The molecule has 3 aromatic rings. The smallest absolute Gasteiger partial charge is 0.244 e. The van der Waals surface area contributed by atoms with E-state index in [9.17, 15) is 14.4 Å². The van der Waals surface area contributed by atoms with Gasteiger partial charge in [-0.2, -0.15) is 15.3 Å². The summed E-state index contributed by atoms with van der Waals surface area (Å²) in [6.07, 6.45) is 11.8. The van der Waals surface area contributed by atoms with Crippen molar-refractivity contribution in [3.05, 3.63) is 60.6 Å². The van der Waals surface area contributed by atoms with Crippen molar-refractivity contribution in [2.24, 2.45) is 10.2 Å². The minimum atomic E-state index is -0.541. The number of benzene rings is 1. The summed E-state index contributed by atoms with van der Waals surface area (Å²) in [6.45, 7) is 2.85. The molecule has 0 radical (unpaired) electrons. The summed E-state index contributed by atoms with van der Waals surface area (Å²) in [5.41, 5.74) is 1.06. The summed E-state index contributed by atoms with van der Waals surface area (Å²) in [4.78, 5) is 43.3. The van der Waals surface area contributed by atoms with Crippen molar-refractivity contribution >= 4 is 29.2 Å². The number of nitrogens with one attached hydrogen (secondary N) is 2. The second-order valence-electron chi connectivity index (χ2n) is 10.3. The van der Waals surface area contributed by atoms with Crippen molar-refractivity contribution in [1.82, 2.24) is 19.7 Å². The van der Waals surface area contributed by atoms with Gasteiger partial charge < -0.3 is 25.0 Å². The number of anilines is 2. The van der Waals surface area contributed by atoms with Crippen molar-refractivity contribution in [3.63, 3.8) is 0 Å². The number of aryl methyl sites for hydroxylation is 1. The Balaban J connectivity index is 1.15. The van der Waals surface area contributed by atoms with E-state index in [0.717, 1.165) is 11.3 Å². The van der Waals surface area contributed by atoms with Gasteiger partial charge in [0.05, 0.1) is 31.5 Å². The minimum absolute atomic E-state index is 0.0188. The molecule has 0 spiro atoms. The van der Waals surface area contributed by atoms with Gasteiger partial charge in [0.25, 0.3) is 0 Å². The Hall–Kier alpha value is -5.25. The molecule has 0 fully saturated rings. The Morgan fingerprint density at radius 1 is 1.02 bits per heavy atom. The van der Waals surface area contributed by atoms with E-state index in [1.54, 1.807) is 30.3 Å². The number of hydrogen-bond acceptors (Lipinski definition) is 9. The number of pyridine rings is 1. The van der Waals surface area contributed by atoms with E-state index in [2.05, 4.69) is 36.9 Å². The van der Waals surface area contributed by atoms with E-state index < -0.39 is 5.66 Å². The Kier molecular flexibility index (Phi) is 11.0. The van der Waals surface area contributed by atoms with Gasteiger partial charge >= 0.3 is 0 Å². The number of aromatic nitrogens is 3. The molecule has 2 aromatic heterocycles. The lowest BCUT2D eigenvalue weighted by Gasteiger charge is -2.17. The predicted octanol–water partition coefficient (Wildman–Crippen LogP) is 3.83. The maximum absolute atomic E-state index is 12.6. The van der Waals surface area contributed by atoms with Crippen LogP contribution in [0.3, 0.4) is 0 Å². The number of likely N-dealkylation sites (N-methyl/N-ethyl adjacent to an activating group) is 1. The zero-order chi connectivity index (χ0) is 31.4. The van der Waals surface area contributed by atoms with E-state index >= 15 is 0 Å². The van der Waals surface area contributed by atoms with Gasteiger partial charge in [0.2, 0.25) is 17.7 Å². The first-order valence-corrected chi connectivity index (χ1v) is 14.3. The number of carbonyl (C=O) groups excluding carboxylic acids is 3. The van der Waals surface area contributed by atoms with Gasteiger partial charge in [0.1, 0.15) is 18.9 Å². The average Bonchev–Trinajstić information content (AvgIpc) is 3.66. The maximum atomic E-state index is 12.6. The van der Waals surface area contributed by atoms with Crippen LogP contribution in [0.4, 0.5) is 11.5 Å². The summed E-state index contributed by atoms with van der Waals surface area (Å²) >= 11 is 0. The normalized spacial score (nSPS) is 12.6. The van der Waals surface area contributed by atoms with Crippen LogP contribution in [0.25, 0.3) is 0 Å². The highest BCUT2D eigenvalue weighted by atomic mass is 16.5. The van der Waals surface area contributed by atoms with Crippen molar-refractivity contribution in [2.45, 2.75) is 51.2 Å². The lowest BCUT2D eigenvalue weighted by molar-refractivity contribution is -0.131. The molecule has 0 atom stereocenters. The number of rotatable bonds is 17. The van der Waals surface area contributed by atoms with E-state index in [1.807, 2.05) is 31.2 Å². The van der Waals surface area contributed by atoms with Crippen molar-refractivity contribution < 1.29 is 23.9 Å². The summed E-state index contributed by atoms with van der Waals surface area (Å²) < 4.78 is 12.9. The van der Waals surface area contributed by atoms with E-state index in [1.165, 1.54) is 17.1 Å². The first-order chi connectivity index (χ1) is 21.2. The van der Waals surface area contributed by atoms with Gasteiger partial charge in [0, 0.05) is 45.1 Å². The molecule has 4 rings (SSSR count). The fourth-order valence-electron chi connectivity index (χ4n) is 4.09. The summed E-state index contributed by atoms with van der Waals surface area (Å²) in [6, 6.07) is 11.0. The third-order valence-corrected chi connectivity index (χ3v) is 6.78. The van der Waals surface area contributed by atoms with Crippen LogP contribution in [0, 0.1) is 19.3 Å². The van der Waals surface area contributed by atoms with Gasteiger partial charge in [0.15, 0.2) is 17.2 Å². The van der Waals surface area contributed by atoms with Crippen molar-refractivity contribution in [3.8, 4) is 23.8 Å². The third-order valence-electron chi connectivity index (χ3n) is 6.78. The Bertz CT molecular complexity index is 1510. The number of ether oxygens (including phenoxy) is 2. The molecular formula is C31H36N8O5. The molecule has 3 amide bonds. The van der Waals surface area contributed by atoms with Crippen LogP contribution in [0.1, 0.15) is 37.7 Å². The predicted molar refractivity (Wildman–Crippen MR) is 163 cm³/mol. The van der Waals surface area contributed by atoms with E-state index in [0.29, 0.717) is 43.9 Å². The highest BCUT2D eigenvalue weighted by Crippen LogP contribution is 2.37. The summed E-state index contributed by atoms with van der Waals surface area (Å²) in [5, 5.41) is 17.7. The van der Waals surface area contributed by atoms with Crippen LogP contribution < -0.4 is 20.1 Å². The molecule has 13 nitrogen and oxygen atoms in total. The molecule has 0 aliphatic carbocycles. The van der Waals surface area contributed by atoms with Gasteiger partial charge in [-0.15, -0.1) is 12.3 Å². The van der Waals surface area contributed by atoms with E-state index in [-0.39, 0.29) is 49.5 Å². The Morgan fingerprint density at radius 3 is 2.55 bits per heavy atom. The molecule has 230 valence electrons. The highest BCUT2D eigenvalue weighted by Gasteiger charge is 2.39. The standard InChI is InChI=1S/C31H36N8O5/c1-4-5-14-31(36-37-31)15-12-27(40)35-30-26(7-6-16-32-30)44-18-13-28(41)34-24-20-33-39(21-24)22-29(42)38(3)17-19-43-25-10-8-23(2)9-11-25/h1,6-11,16,20-21H,5,12-15,17-19,22H2,2-3H3,(H,34,41)(H,32,35,40). The SMILES string of the molecule is C#CCCC1(CCC(=O)Nc2ncccc2OCCC(=O)Nc2cnn(CC(=O)N(C)CCOc3ccc(C)cc3)c2)N=N1. The van der Waals surface area contributed by atoms with Crippen LogP contribution >= 0.6 is 0 Å². The first kappa shape index (κ1) is 31.7. The second kappa shape index (κ2) is 15.3. The van der Waals surface area contributed by atoms with Crippen molar-refractivity contribution in [1.29, 1.82) is 0 Å². The maximum Gasteiger partial charge on any atom is 0.244 e. The summed E-state index contributed by atoms with van der Waals surface area (Å²) in [5.74, 6) is 3.22. The molecule has 0 unspecified atom stereocenters. The topological polar surface area (TPSA) is 152 Å². The van der Waals surface area contributed by atoms with Crippen LogP contribution in [-0.2, 0) is 20.9 Å². The monoisotopic (exact) mass is 600 g/mol.